The number of cyclic esters (lactones) is 1. The Morgan fingerprint density at radius 3 is 2.45 bits per heavy atom. The molecule has 4 bridgehead atoms. The molecule has 5 atom stereocenters. The summed E-state index contributed by atoms with van der Waals surface area (Å²) in [7, 11) is -3.90. The molecule has 3 saturated carbocycles. The average molecular weight is 754 g/mol. The van der Waals surface area contributed by atoms with Crippen molar-refractivity contribution in [3.8, 4) is 0 Å². The molecule has 0 aromatic heterocycles. The third-order valence-corrected chi connectivity index (χ3v) is 13.8. The van der Waals surface area contributed by atoms with Gasteiger partial charge in [-0.2, -0.15) is 0 Å². The Balaban J connectivity index is 1.17. The number of carbonyl (C=O) groups is 5. The van der Waals surface area contributed by atoms with E-state index in [1.54, 1.807) is 4.90 Å². The number of amides is 5. The number of alkyl carbamates (subject to hydrolysis) is 1. The summed E-state index contributed by atoms with van der Waals surface area (Å²) < 4.78 is 39.5. The first-order valence-electron chi connectivity index (χ1n) is 19.1. The van der Waals surface area contributed by atoms with Crippen LogP contribution >= 0.6 is 0 Å². The van der Waals surface area contributed by atoms with Crippen LogP contribution in [0.15, 0.2) is 30.9 Å². The van der Waals surface area contributed by atoms with Crippen molar-refractivity contribution in [3.63, 3.8) is 0 Å². The number of benzene rings is 1. The molecule has 3 heterocycles. The normalized spacial score (nSPS) is 30.6. The number of hydrogen-bond donors (Lipinski definition) is 3. The van der Waals surface area contributed by atoms with Crippen LogP contribution in [0.5, 0.6) is 0 Å². The Bertz CT molecular complexity index is 1790. The highest BCUT2D eigenvalue weighted by Gasteiger charge is 2.62. The lowest BCUT2D eigenvalue weighted by molar-refractivity contribution is -0.142. The molecule has 0 spiro atoms. The molecule has 53 heavy (non-hydrogen) atoms. The van der Waals surface area contributed by atoms with Crippen molar-refractivity contribution in [3.05, 3.63) is 47.5 Å². The maximum absolute atomic E-state index is 14.6. The largest absolute Gasteiger partial charge is 0.444 e. The molecule has 3 N–H and O–H groups in total. The summed E-state index contributed by atoms with van der Waals surface area (Å²) in [6.45, 7) is 8.12. The molecule has 4 fully saturated rings. The maximum Gasteiger partial charge on any atom is 0.410 e. The fourth-order valence-corrected chi connectivity index (χ4v) is 10.0. The van der Waals surface area contributed by atoms with Gasteiger partial charge in [0.1, 0.15) is 29.3 Å². The van der Waals surface area contributed by atoms with Crippen LogP contribution in [0, 0.1) is 11.8 Å². The Kier molecular flexibility index (Phi) is 10.0. The van der Waals surface area contributed by atoms with E-state index < -0.39 is 80.4 Å². The Hall–Kier alpha value is -4.14. The number of hydrogen-bond acceptors (Lipinski definition) is 9. The van der Waals surface area contributed by atoms with Crippen molar-refractivity contribution in [2.75, 3.05) is 6.54 Å². The summed E-state index contributed by atoms with van der Waals surface area (Å²) in [4.78, 5) is 72.5. The summed E-state index contributed by atoms with van der Waals surface area (Å²) in [6.07, 6.45) is 6.57. The molecule has 7 rings (SSSR count). The molecule has 5 amide bonds. The number of nitrogens with one attached hydrogen (secondary N) is 3. The molecule has 6 aliphatic rings. The number of carbonyl (C=O) groups excluding carboxylic acids is 5. The minimum atomic E-state index is -3.90. The summed E-state index contributed by atoms with van der Waals surface area (Å²) in [5.74, 6) is -2.77. The second kappa shape index (κ2) is 14.3. The van der Waals surface area contributed by atoms with Gasteiger partial charge < -0.3 is 25.0 Å². The molecule has 15 heteroatoms. The number of nitrogens with zero attached hydrogens (tertiary/aromatic N) is 2. The third kappa shape index (κ3) is 7.76. The van der Waals surface area contributed by atoms with Crippen molar-refractivity contribution < 1.29 is 41.9 Å². The van der Waals surface area contributed by atoms with Gasteiger partial charge in [-0.25, -0.2) is 18.0 Å². The van der Waals surface area contributed by atoms with Crippen LogP contribution in [0.1, 0.15) is 101 Å². The first-order valence-corrected chi connectivity index (χ1v) is 20.6. The molecule has 1 aromatic rings. The van der Waals surface area contributed by atoms with Crippen molar-refractivity contribution in [2.24, 2.45) is 11.8 Å². The fraction of sp³-hybridized carbons (Fsp3) is 0.658. The summed E-state index contributed by atoms with van der Waals surface area (Å²) in [5.41, 5.74) is 0.920. The SMILES string of the molecule is C=C[C@H]1C[C@]1(NC(=O)[C@@H]1C[C@@H]2CN1C(=O)[C@H](C1CCCC1)NC(=O)OC(C)(C)CCCCc1cccc3c1CN(C3)C(=O)O2)C(=O)NS(=O)(=O)C1CC1. The van der Waals surface area contributed by atoms with E-state index in [1.807, 2.05) is 26.0 Å². The second-order valence-corrected chi connectivity index (χ2v) is 18.3. The van der Waals surface area contributed by atoms with Crippen molar-refractivity contribution >= 4 is 39.9 Å². The van der Waals surface area contributed by atoms with E-state index in [0.717, 1.165) is 48.8 Å². The van der Waals surface area contributed by atoms with E-state index in [4.69, 9.17) is 9.47 Å². The van der Waals surface area contributed by atoms with Crippen molar-refractivity contribution in [1.82, 2.24) is 25.2 Å². The van der Waals surface area contributed by atoms with Gasteiger partial charge in [0.15, 0.2) is 0 Å². The highest BCUT2D eigenvalue weighted by molar-refractivity contribution is 7.91. The monoisotopic (exact) mass is 753 g/mol. The molecule has 1 saturated heterocycles. The van der Waals surface area contributed by atoms with Gasteiger partial charge >= 0.3 is 12.2 Å². The Labute approximate surface area is 310 Å². The Morgan fingerprint density at radius 2 is 1.75 bits per heavy atom. The van der Waals surface area contributed by atoms with Gasteiger partial charge in [0, 0.05) is 25.4 Å². The van der Waals surface area contributed by atoms with E-state index in [2.05, 4.69) is 28.0 Å². The van der Waals surface area contributed by atoms with Gasteiger partial charge in [-0.1, -0.05) is 37.1 Å². The highest BCUT2D eigenvalue weighted by Crippen LogP contribution is 2.45. The molecule has 3 aliphatic carbocycles. The van der Waals surface area contributed by atoms with Crippen LogP contribution in [0.4, 0.5) is 9.59 Å². The van der Waals surface area contributed by atoms with Crippen LogP contribution in [-0.4, -0.2) is 89.2 Å². The van der Waals surface area contributed by atoms with Crippen LogP contribution in [0.25, 0.3) is 0 Å². The van der Waals surface area contributed by atoms with Crippen LogP contribution in [-0.2, 0) is 53.4 Å². The third-order valence-electron chi connectivity index (χ3n) is 12.0. The number of sulfonamides is 1. The second-order valence-electron chi connectivity index (χ2n) is 16.4. The Morgan fingerprint density at radius 1 is 1.02 bits per heavy atom. The maximum atomic E-state index is 14.6. The topological polar surface area (TPSA) is 181 Å². The average Bonchev–Trinajstić information content (AvgIpc) is 3.88. The zero-order valence-corrected chi connectivity index (χ0v) is 31.4. The molecule has 3 aliphatic heterocycles. The highest BCUT2D eigenvalue weighted by atomic mass is 32.2. The van der Waals surface area contributed by atoms with Crippen LogP contribution in [0.3, 0.4) is 0 Å². The minimum Gasteiger partial charge on any atom is -0.444 e. The molecule has 14 nitrogen and oxygen atoms in total. The lowest BCUT2D eigenvalue weighted by Gasteiger charge is -2.33. The number of aryl methyl sites for hydroxylation is 1. The van der Waals surface area contributed by atoms with Gasteiger partial charge in [0.05, 0.1) is 11.8 Å². The lowest BCUT2D eigenvalue weighted by Crippen LogP contribution is -2.59. The van der Waals surface area contributed by atoms with E-state index >= 15 is 0 Å². The van der Waals surface area contributed by atoms with Crippen LogP contribution in [0.2, 0.25) is 0 Å². The quantitative estimate of drug-likeness (QED) is 0.351. The van der Waals surface area contributed by atoms with Gasteiger partial charge in [-0.3, -0.25) is 24.0 Å². The smallest absolute Gasteiger partial charge is 0.410 e. The van der Waals surface area contributed by atoms with Crippen molar-refractivity contribution in [1.29, 1.82) is 0 Å². The number of rotatable bonds is 7. The van der Waals surface area contributed by atoms with E-state index in [0.29, 0.717) is 45.2 Å². The lowest BCUT2D eigenvalue weighted by atomic mass is 9.95. The van der Waals surface area contributed by atoms with Crippen molar-refractivity contribution in [2.45, 2.75) is 139 Å². The zero-order chi connectivity index (χ0) is 37.7. The standard InChI is InChI=1S/C38H51N5O9S/c1-4-26-19-38(26,34(46)41-53(49,50)28-15-16-28)40-32(44)30-18-27-21-43(30)33(45)31(24-11-5-6-12-24)39-35(47)52-37(2,3)17-8-7-10-23-13-9-14-25-20-42(22-29(23)25)36(48)51-27/h4,9,13-14,24,26-28,30-31H,1,5-8,10-12,15-22H2,2-3H3,(H,39,47)(H,40,44)(H,41,46)/t26-,27+,30-,31-,38+/m0/s1. The zero-order valence-electron chi connectivity index (χ0n) is 30.6. The molecule has 288 valence electrons. The van der Waals surface area contributed by atoms with E-state index in [-0.39, 0.29) is 25.3 Å². The van der Waals surface area contributed by atoms with E-state index in [9.17, 15) is 32.4 Å². The summed E-state index contributed by atoms with van der Waals surface area (Å²) in [5, 5.41) is 4.99. The predicted molar refractivity (Wildman–Crippen MR) is 192 cm³/mol. The van der Waals surface area contributed by atoms with Gasteiger partial charge in [0.25, 0.3) is 5.91 Å². The molecule has 0 radical (unpaired) electrons. The first kappa shape index (κ1) is 37.2. The predicted octanol–water partition coefficient (Wildman–Crippen LogP) is 3.57. The number of ether oxygens (including phenoxy) is 2. The number of fused-ring (bicyclic) bond motifs is 3. The molecular weight excluding hydrogens is 703 g/mol. The van der Waals surface area contributed by atoms with Gasteiger partial charge in [-0.15, -0.1) is 6.58 Å². The summed E-state index contributed by atoms with van der Waals surface area (Å²) in [6, 6.07) is 3.89. The molecular formula is C38H51N5O9S. The van der Waals surface area contributed by atoms with Gasteiger partial charge in [0.2, 0.25) is 21.8 Å². The fourth-order valence-electron chi connectivity index (χ4n) is 8.64. The first-order chi connectivity index (χ1) is 25.2. The minimum absolute atomic E-state index is 0.0545. The summed E-state index contributed by atoms with van der Waals surface area (Å²) >= 11 is 0. The molecule has 1 aromatic carbocycles. The van der Waals surface area contributed by atoms with Gasteiger partial charge in [-0.05, 0) is 94.2 Å². The van der Waals surface area contributed by atoms with Crippen LogP contribution < -0.4 is 15.4 Å². The molecule has 0 unspecified atom stereocenters. The van der Waals surface area contributed by atoms with E-state index in [1.165, 1.54) is 11.0 Å².